The number of nitrogens with one attached hydrogen (secondary N) is 1. The molecule has 108 valence electrons. The van der Waals surface area contributed by atoms with Crippen molar-refractivity contribution in [2.75, 3.05) is 19.0 Å². The highest BCUT2D eigenvalue weighted by molar-refractivity contribution is 6.30. The first kappa shape index (κ1) is 15.0. The maximum absolute atomic E-state index is 8.60. The van der Waals surface area contributed by atoms with Crippen molar-refractivity contribution >= 4 is 17.3 Å². The van der Waals surface area contributed by atoms with Crippen LogP contribution in [0.5, 0.6) is 11.5 Å². The zero-order valence-electron chi connectivity index (χ0n) is 11.6. The lowest BCUT2D eigenvalue weighted by molar-refractivity contribution is 0.364. The molecule has 0 atom stereocenters. The summed E-state index contributed by atoms with van der Waals surface area (Å²) >= 11 is 6.00. The normalized spacial score (nSPS) is 9.76. The molecule has 0 unspecified atom stereocenters. The van der Waals surface area contributed by atoms with Crippen LogP contribution >= 0.6 is 11.6 Å². The summed E-state index contributed by atoms with van der Waals surface area (Å²) in [6.07, 6.45) is 0. The Balaban J connectivity index is 2.13. The van der Waals surface area contributed by atoms with Gasteiger partial charge in [-0.25, -0.2) is 0 Å². The number of ether oxygens (including phenoxy) is 2. The van der Waals surface area contributed by atoms with E-state index in [4.69, 9.17) is 26.3 Å². The maximum atomic E-state index is 8.60. The van der Waals surface area contributed by atoms with E-state index in [1.165, 1.54) is 0 Å². The van der Waals surface area contributed by atoms with Crippen LogP contribution < -0.4 is 14.8 Å². The van der Waals surface area contributed by atoms with Crippen LogP contribution in [0.25, 0.3) is 0 Å². The SMILES string of the molecule is COc1ccc(Cl)cc1NCc1ccccc1OCC#N. The molecule has 0 fully saturated rings. The van der Waals surface area contributed by atoms with Crippen LogP contribution in [0.2, 0.25) is 5.02 Å². The molecule has 0 spiro atoms. The fraction of sp³-hybridized carbons (Fsp3) is 0.188. The lowest BCUT2D eigenvalue weighted by Gasteiger charge is -2.13. The molecule has 0 aliphatic rings. The van der Waals surface area contributed by atoms with Gasteiger partial charge in [0.25, 0.3) is 0 Å². The molecule has 0 radical (unpaired) electrons. The van der Waals surface area contributed by atoms with Crippen molar-refractivity contribution in [2.45, 2.75) is 6.54 Å². The Hall–Kier alpha value is -2.38. The topological polar surface area (TPSA) is 54.3 Å². The highest BCUT2D eigenvalue weighted by Gasteiger charge is 2.06. The van der Waals surface area contributed by atoms with Crippen molar-refractivity contribution in [3.8, 4) is 17.6 Å². The van der Waals surface area contributed by atoms with E-state index in [9.17, 15) is 0 Å². The maximum Gasteiger partial charge on any atom is 0.174 e. The zero-order valence-corrected chi connectivity index (χ0v) is 12.4. The Morgan fingerprint density at radius 3 is 2.76 bits per heavy atom. The minimum atomic E-state index is 0.0253. The molecule has 5 heteroatoms. The van der Waals surface area contributed by atoms with Gasteiger partial charge in [0.15, 0.2) is 6.61 Å². The van der Waals surface area contributed by atoms with Crippen molar-refractivity contribution < 1.29 is 9.47 Å². The first-order chi connectivity index (χ1) is 10.2. The van der Waals surface area contributed by atoms with E-state index in [0.717, 1.165) is 17.0 Å². The lowest BCUT2D eigenvalue weighted by Crippen LogP contribution is -2.04. The van der Waals surface area contributed by atoms with E-state index in [2.05, 4.69) is 5.32 Å². The number of rotatable bonds is 6. The van der Waals surface area contributed by atoms with Crippen LogP contribution in [0.15, 0.2) is 42.5 Å². The molecule has 0 aliphatic carbocycles. The Morgan fingerprint density at radius 2 is 2.00 bits per heavy atom. The Labute approximate surface area is 128 Å². The molecule has 0 aromatic heterocycles. The number of para-hydroxylation sites is 1. The van der Waals surface area contributed by atoms with Gasteiger partial charge in [-0.15, -0.1) is 0 Å². The quantitative estimate of drug-likeness (QED) is 0.880. The molecule has 0 heterocycles. The van der Waals surface area contributed by atoms with Crippen molar-refractivity contribution in [3.63, 3.8) is 0 Å². The van der Waals surface area contributed by atoms with E-state index in [0.29, 0.717) is 17.3 Å². The Kier molecular flexibility index (Phi) is 5.30. The predicted octanol–water partition coefficient (Wildman–Crippen LogP) is 3.86. The minimum absolute atomic E-state index is 0.0253. The predicted molar refractivity (Wildman–Crippen MR) is 82.9 cm³/mol. The van der Waals surface area contributed by atoms with Gasteiger partial charge in [-0.1, -0.05) is 29.8 Å². The van der Waals surface area contributed by atoms with Crippen LogP contribution in [-0.2, 0) is 6.54 Å². The average Bonchev–Trinajstić information content (AvgIpc) is 2.52. The van der Waals surface area contributed by atoms with Crippen LogP contribution in [0, 0.1) is 11.3 Å². The van der Waals surface area contributed by atoms with Gasteiger partial charge in [0, 0.05) is 17.1 Å². The number of methoxy groups -OCH3 is 1. The minimum Gasteiger partial charge on any atom is -0.495 e. The van der Waals surface area contributed by atoms with Gasteiger partial charge >= 0.3 is 0 Å². The smallest absolute Gasteiger partial charge is 0.174 e. The summed E-state index contributed by atoms with van der Waals surface area (Å²) in [4.78, 5) is 0. The van der Waals surface area contributed by atoms with Crippen molar-refractivity contribution in [1.29, 1.82) is 5.26 Å². The number of halogens is 1. The fourth-order valence-corrected chi connectivity index (χ4v) is 2.08. The molecule has 0 bridgehead atoms. The molecule has 1 N–H and O–H groups in total. The molecule has 0 amide bonds. The van der Waals surface area contributed by atoms with Crippen molar-refractivity contribution in [2.24, 2.45) is 0 Å². The third-order valence-corrected chi connectivity index (χ3v) is 3.13. The van der Waals surface area contributed by atoms with E-state index in [1.807, 2.05) is 36.4 Å². The molecule has 21 heavy (non-hydrogen) atoms. The van der Waals surface area contributed by atoms with Gasteiger partial charge in [-0.2, -0.15) is 5.26 Å². The van der Waals surface area contributed by atoms with Crippen LogP contribution in [0.3, 0.4) is 0 Å². The summed E-state index contributed by atoms with van der Waals surface area (Å²) in [5.74, 6) is 1.40. The second kappa shape index (κ2) is 7.41. The number of benzene rings is 2. The Bertz CT molecular complexity index is 653. The van der Waals surface area contributed by atoms with Gasteiger partial charge in [0.05, 0.1) is 12.8 Å². The van der Waals surface area contributed by atoms with Gasteiger partial charge in [-0.3, -0.25) is 0 Å². The van der Waals surface area contributed by atoms with Gasteiger partial charge in [0.1, 0.15) is 17.6 Å². The van der Waals surface area contributed by atoms with Crippen LogP contribution in [0.1, 0.15) is 5.56 Å². The standard InChI is InChI=1S/C16H15ClN2O2/c1-20-16-7-6-13(17)10-14(16)19-11-12-4-2-3-5-15(12)21-9-8-18/h2-7,10,19H,9,11H2,1H3. The van der Waals surface area contributed by atoms with E-state index >= 15 is 0 Å². The third-order valence-electron chi connectivity index (χ3n) is 2.90. The number of anilines is 1. The summed E-state index contributed by atoms with van der Waals surface area (Å²) in [5.41, 5.74) is 1.76. The summed E-state index contributed by atoms with van der Waals surface area (Å²) in [6, 6.07) is 14.9. The number of hydrogen-bond acceptors (Lipinski definition) is 4. The summed E-state index contributed by atoms with van der Waals surface area (Å²) in [6.45, 7) is 0.565. The molecule has 2 aromatic rings. The monoisotopic (exact) mass is 302 g/mol. The molecule has 0 aliphatic heterocycles. The average molecular weight is 303 g/mol. The molecule has 0 saturated heterocycles. The summed E-state index contributed by atoms with van der Waals surface area (Å²) in [7, 11) is 1.61. The number of hydrogen-bond donors (Lipinski definition) is 1. The molecule has 2 aromatic carbocycles. The fourth-order valence-electron chi connectivity index (χ4n) is 1.91. The van der Waals surface area contributed by atoms with Gasteiger partial charge < -0.3 is 14.8 Å². The second-order valence-corrected chi connectivity index (χ2v) is 4.69. The number of nitrogens with zero attached hydrogens (tertiary/aromatic N) is 1. The van der Waals surface area contributed by atoms with Crippen molar-refractivity contribution in [3.05, 3.63) is 53.1 Å². The van der Waals surface area contributed by atoms with Crippen LogP contribution in [-0.4, -0.2) is 13.7 Å². The van der Waals surface area contributed by atoms with Crippen LogP contribution in [0.4, 0.5) is 5.69 Å². The van der Waals surface area contributed by atoms with Gasteiger partial charge in [-0.05, 0) is 24.3 Å². The lowest BCUT2D eigenvalue weighted by atomic mass is 10.2. The third kappa shape index (κ3) is 4.04. The largest absolute Gasteiger partial charge is 0.495 e. The second-order valence-electron chi connectivity index (χ2n) is 4.25. The molecular formula is C16H15ClN2O2. The summed E-state index contributed by atoms with van der Waals surface area (Å²) < 4.78 is 10.7. The van der Waals surface area contributed by atoms with E-state index in [1.54, 1.807) is 19.2 Å². The first-order valence-corrected chi connectivity index (χ1v) is 6.77. The highest BCUT2D eigenvalue weighted by atomic mass is 35.5. The molecule has 4 nitrogen and oxygen atoms in total. The van der Waals surface area contributed by atoms with Gasteiger partial charge in [0.2, 0.25) is 0 Å². The molecule has 0 saturated carbocycles. The highest BCUT2D eigenvalue weighted by Crippen LogP contribution is 2.29. The summed E-state index contributed by atoms with van der Waals surface area (Å²) in [5, 5.41) is 12.5. The zero-order chi connectivity index (χ0) is 15.1. The molecule has 2 rings (SSSR count). The molecular weight excluding hydrogens is 288 g/mol. The van der Waals surface area contributed by atoms with E-state index < -0.39 is 0 Å². The van der Waals surface area contributed by atoms with E-state index in [-0.39, 0.29) is 6.61 Å². The Morgan fingerprint density at radius 1 is 1.19 bits per heavy atom. The first-order valence-electron chi connectivity index (χ1n) is 6.39. The number of nitriles is 1. The van der Waals surface area contributed by atoms with Crippen molar-refractivity contribution in [1.82, 2.24) is 0 Å².